The Labute approximate surface area is 84.9 Å². The Morgan fingerprint density at radius 1 is 1.43 bits per heavy atom. The lowest BCUT2D eigenvalue weighted by atomic mass is 10.3. The molecule has 0 N–H and O–H groups in total. The van der Waals surface area contributed by atoms with Gasteiger partial charge in [0.1, 0.15) is 12.1 Å². The summed E-state index contributed by atoms with van der Waals surface area (Å²) < 4.78 is 4.99. The zero-order valence-electron chi connectivity index (χ0n) is 9.03. The van der Waals surface area contributed by atoms with Gasteiger partial charge in [0, 0.05) is 39.1 Å². The van der Waals surface area contributed by atoms with Crippen LogP contribution in [0.4, 0.5) is 5.82 Å². The van der Waals surface area contributed by atoms with Crippen LogP contribution in [-0.2, 0) is 4.74 Å². The zero-order valence-corrected chi connectivity index (χ0v) is 9.03. The summed E-state index contributed by atoms with van der Waals surface area (Å²) in [7, 11) is 3.74. The van der Waals surface area contributed by atoms with Gasteiger partial charge >= 0.3 is 0 Å². The van der Waals surface area contributed by atoms with Crippen LogP contribution in [0.2, 0.25) is 0 Å². The van der Waals surface area contributed by atoms with Gasteiger partial charge in [-0.3, -0.25) is 0 Å². The normalized spacial score (nSPS) is 10.2. The van der Waals surface area contributed by atoms with Crippen molar-refractivity contribution in [2.75, 3.05) is 32.2 Å². The Morgan fingerprint density at radius 3 is 2.86 bits per heavy atom. The highest BCUT2D eigenvalue weighted by molar-refractivity contribution is 5.37. The minimum atomic E-state index is 0.786. The standard InChI is InChI=1S/C10H17N3O/c1-9-7-10(12-8-11-9)13(2)5-4-6-14-3/h7-8H,4-6H2,1-3H3. The summed E-state index contributed by atoms with van der Waals surface area (Å²) in [5.41, 5.74) is 0.994. The highest BCUT2D eigenvalue weighted by Gasteiger charge is 2.01. The van der Waals surface area contributed by atoms with E-state index in [1.165, 1.54) is 0 Å². The number of nitrogens with zero attached hydrogens (tertiary/aromatic N) is 3. The summed E-state index contributed by atoms with van der Waals surface area (Å²) in [6.45, 7) is 3.70. The van der Waals surface area contributed by atoms with Gasteiger partial charge in [-0.2, -0.15) is 0 Å². The van der Waals surface area contributed by atoms with Gasteiger partial charge in [0.25, 0.3) is 0 Å². The highest BCUT2D eigenvalue weighted by Crippen LogP contribution is 2.08. The maximum absolute atomic E-state index is 4.99. The first-order valence-corrected chi connectivity index (χ1v) is 4.72. The number of ether oxygens (including phenoxy) is 1. The smallest absolute Gasteiger partial charge is 0.131 e. The van der Waals surface area contributed by atoms with E-state index in [9.17, 15) is 0 Å². The summed E-state index contributed by atoms with van der Waals surface area (Å²) in [4.78, 5) is 10.4. The Kier molecular flexibility index (Phi) is 4.32. The third-order valence-electron chi connectivity index (χ3n) is 2.02. The van der Waals surface area contributed by atoms with Crippen LogP contribution in [0.1, 0.15) is 12.1 Å². The lowest BCUT2D eigenvalue weighted by Gasteiger charge is -2.17. The van der Waals surface area contributed by atoms with Crippen molar-refractivity contribution in [1.29, 1.82) is 0 Å². The topological polar surface area (TPSA) is 38.2 Å². The van der Waals surface area contributed by atoms with Crippen molar-refractivity contribution in [2.45, 2.75) is 13.3 Å². The van der Waals surface area contributed by atoms with Gasteiger partial charge in [-0.15, -0.1) is 0 Å². The van der Waals surface area contributed by atoms with Crippen LogP contribution in [0.3, 0.4) is 0 Å². The molecule has 1 aromatic heterocycles. The van der Waals surface area contributed by atoms with Gasteiger partial charge in [0.2, 0.25) is 0 Å². The molecule has 0 bridgehead atoms. The molecule has 0 fully saturated rings. The Morgan fingerprint density at radius 2 is 2.21 bits per heavy atom. The fourth-order valence-electron chi connectivity index (χ4n) is 1.21. The number of aryl methyl sites for hydroxylation is 1. The average Bonchev–Trinajstić information content (AvgIpc) is 2.18. The Bertz CT molecular complexity index is 278. The molecule has 0 aliphatic carbocycles. The van der Waals surface area contributed by atoms with Crippen LogP contribution < -0.4 is 4.90 Å². The van der Waals surface area contributed by atoms with Crippen molar-refractivity contribution in [3.63, 3.8) is 0 Å². The molecule has 0 aliphatic heterocycles. The Hall–Kier alpha value is -1.16. The van der Waals surface area contributed by atoms with Gasteiger partial charge in [0.15, 0.2) is 0 Å². The summed E-state index contributed by atoms with van der Waals surface area (Å²) >= 11 is 0. The van der Waals surface area contributed by atoms with Crippen molar-refractivity contribution in [2.24, 2.45) is 0 Å². The van der Waals surface area contributed by atoms with E-state index in [1.54, 1.807) is 13.4 Å². The Balaban J connectivity index is 2.47. The largest absolute Gasteiger partial charge is 0.385 e. The van der Waals surface area contributed by atoms with Crippen LogP contribution in [-0.4, -0.2) is 37.3 Å². The molecule has 0 saturated heterocycles. The first kappa shape index (κ1) is 10.9. The predicted molar refractivity (Wildman–Crippen MR) is 56.5 cm³/mol. The molecule has 0 spiro atoms. The lowest BCUT2D eigenvalue weighted by molar-refractivity contribution is 0.196. The third-order valence-corrected chi connectivity index (χ3v) is 2.02. The van der Waals surface area contributed by atoms with Crippen molar-refractivity contribution in [3.05, 3.63) is 18.1 Å². The van der Waals surface area contributed by atoms with Gasteiger partial charge in [-0.1, -0.05) is 0 Å². The van der Waals surface area contributed by atoms with Crippen molar-refractivity contribution >= 4 is 5.82 Å². The van der Waals surface area contributed by atoms with Crippen LogP contribution in [0.25, 0.3) is 0 Å². The number of hydrogen-bond donors (Lipinski definition) is 0. The fraction of sp³-hybridized carbons (Fsp3) is 0.600. The summed E-state index contributed by atoms with van der Waals surface area (Å²) in [5.74, 6) is 0.966. The summed E-state index contributed by atoms with van der Waals surface area (Å²) in [6, 6.07) is 1.98. The third kappa shape index (κ3) is 3.30. The average molecular weight is 195 g/mol. The van der Waals surface area contributed by atoms with E-state index in [0.717, 1.165) is 31.1 Å². The molecule has 0 atom stereocenters. The molecule has 0 saturated carbocycles. The van der Waals surface area contributed by atoms with Crippen LogP contribution in [0.5, 0.6) is 0 Å². The van der Waals surface area contributed by atoms with Crippen LogP contribution in [0, 0.1) is 6.92 Å². The van der Waals surface area contributed by atoms with E-state index in [4.69, 9.17) is 4.74 Å². The molecule has 0 aliphatic rings. The number of anilines is 1. The maximum atomic E-state index is 4.99. The van der Waals surface area contributed by atoms with E-state index in [1.807, 2.05) is 20.0 Å². The molecule has 0 unspecified atom stereocenters. The number of aromatic nitrogens is 2. The molecule has 0 amide bonds. The summed E-state index contributed by atoms with van der Waals surface area (Å²) in [6.07, 6.45) is 2.60. The van der Waals surface area contributed by atoms with Crippen LogP contribution >= 0.6 is 0 Å². The summed E-state index contributed by atoms with van der Waals surface area (Å²) in [5, 5.41) is 0. The predicted octanol–water partition coefficient (Wildman–Crippen LogP) is 1.26. The zero-order chi connectivity index (χ0) is 10.4. The molecule has 14 heavy (non-hydrogen) atoms. The minimum Gasteiger partial charge on any atom is -0.385 e. The molecule has 1 heterocycles. The van der Waals surface area contributed by atoms with Crippen molar-refractivity contribution < 1.29 is 4.74 Å². The second-order valence-electron chi connectivity index (χ2n) is 3.29. The number of rotatable bonds is 5. The van der Waals surface area contributed by atoms with Gasteiger partial charge in [-0.25, -0.2) is 9.97 Å². The number of hydrogen-bond acceptors (Lipinski definition) is 4. The second kappa shape index (κ2) is 5.54. The van der Waals surface area contributed by atoms with E-state index in [-0.39, 0.29) is 0 Å². The molecule has 1 rings (SSSR count). The van der Waals surface area contributed by atoms with Crippen LogP contribution in [0.15, 0.2) is 12.4 Å². The van der Waals surface area contributed by atoms with E-state index in [0.29, 0.717) is 0 Å². The molecular weight excluding hydrogens is 178 g/mol. The van der Waals surface area contributed by atoms with E-state index < -0.39 is 0 Å². The van der Waals surface area contributed by atoms with Crippen molar-refractivity contribution in [1.82, 2.24) is 9.97 Å². The lowest BCUT2D eigenvalue weighted by Crippen LogP contribution is -2.20. The van der Waals surface area contributed by atoms with Gasteiger partial charge in [0.05, 0.1) is 0 Å². The molecule has 4 nitrogen and oxygen atoms in total. The first-order chi connectivity index (χ1) is 6.74. The SMILES string of the molecule is COCCCN(C)c1cc(C)ncn1. The highest BCUT2D eigenvalue weighted by atomic mass is 16.5. The monoisotopic (exact) mass is 195 g/mol. The van der Waals surface area contributed by atoms with Gasteiger partial charge in [-0.05, 0) is 13.3 Å². The molecule has 0 radical (unpaired) electrons. The van der Waals surface area contributed by atoms with Gasteiger partial charge < -0.3 is 9.64 Å². The molecular formula is C10H17N3O. The molecule has 4 heteroatoms. The van der Waals surface area contributed by atoms with E-state index in [2.05, 4.69) is 14.9 Å². The number of methoxy groups -OCH3 is 1. The second-order valence-corrected chi connectivity index (χ2v) is 3.29. The van der Waals surface area contributed by atoms with Crippen molar-refractivity contribution in [3.8, 4) is 0 Å². The maximum Gasteiger partial charge on any atom is 0.131 e. The fourth-order valence-corrected chi connectivity index (χ4v) is 1.21. The molecule has 0 aromatic carbocycles. The molecule has 78 valence electrons. The molecule has 1 aromatic rings. The quantitative estimate of drug-likeness (QED) is 0.663. The first-order valence-electron chi connectivity index (χ1n) is 4.72. The van der Waals surface area contributed by atoms with E-state index >= 15 is 0 Å². The minimum absolute atomic E-state index is 0.786.